The summed E-state index contributed by atoms with van der Waals surface area (Å²) in [6, 6.07) is 7.28. The van der Waals surface area contributed by atoms with Crippen LogP contribution in [0.1, 0.15) is 38.2 Å². The molecule has 6 heteroatoms. The lowest BCUT2D eigenvalue weighted by molar-refractivity contribution is -0.147. The molecule has 1 aromatic rings. The van der Waals surface area contributed by atoms with E-state index < -0.39 is 12.0 Å². The van der Waals surface area contributed by atoms with Crippen molar-refractivity contribution in [1.29, 1.82) is 0 Å². The zero-order valence-corrected chi connectivity index (χ0v) is 14.2. The number of morpholine rings is 1. The molecule has 24 heavy (non-hydrogen) atoms. The summed E-state index contributed by atoms with van der Waals surface area (Å²) in [5, 5.41) is 8.97. The lowest BCUT2D eigenvalue weighted by Gasteiger charge is -2.34. The van der Waals surface area contributed by atoms with Crippen LogP contribution < -0.4 is 4.74 Å². The standard InChI is InChI=1S/C18H25NO5/c1-3-13(2)15-6-4-5-7-16(15)24-12-17(20)19-8-9-23-11-14(19)10-18(21)22/h4-7,13-14H,3,8-12H2,1-2H3,(H,21,22). The van der Waals surface area contributed by atoms with Crippen molar-refractivity contribution < 1.29 is 24.2 Å². The van der Waals surface area contributed by atoms with Crippen LogP contribution in [0.3, 0.4) is 0 Å². The minimum Gasteiger partial charge on any atom is -0.483 e. The van der Waals surface area contributed by atoms with Crippen molar-refractivity contribution in [2.24, 2.45) is 0 Å². The number of para-hydroxylation sites is 1. The zero-order valence-electron chi connectivity index (χ0n) is 14.2. The van der Waals surface area contributed by atoms with E-state index in [1.165, 1.54) is 0 Å². The molecule has 0 aromatic heterocycles. The predicted octanol–water partition coefficient (Wildman–Crippen LogP) is 2.28. The second kappa shape index (κ2) is 8.68. The highest BCUT2D eigenvalue weighted by atomic mass is 16.5. The number of carbonyl (C=O) groups excluding carboxylic acids is 1. The third-order valence-electron chi connectivity index (χ3n) is 4.37. The zero-order chi connectivity index (χ0) is 17.5. The van der Waals surface area contributed by atoms with Crippen molar-refractivity contribution in [3.63, 3.8) is 0 Å². The topological polar surface area (TPSA) is 76.1 Å². The molecule has 1 amide bonds. The van der Waals surface area contributed by atoms with Gasteiger partial charge in [0.25, 0.3) is 5.91 Å². The van der Waals surface area contributed by atoms with Crippen LogP contribution >= 0.6 is 0 Å². The molecule has 1 aliphatic heterocycles. The lowest BCUT2D eigenvalue weighted by atomic mass is 9.98. The summed E-state index contributed by atoms with van der Waals surface area (Å²) in [5.74, 6) is -0.0856. The number of carboxylic acid groups (broad SMARTS) is 1. The molecule has 1 N–H and O–H groups in total. The molecule has 132 valence electrons. The first-order chi connectivity index (χ1) is 11.5. The Balaban J connectivity index is 2.00. The van der Waals surface area contributed by atoms with Gasteiger partial charge in [0, 0.05) is 6.54 Å². The van der Waals surface area contributed by atoms with E-state index in [1.54, 1.807) is 4.90 Å². The molecule has 1 saturated heterocycles. The van der Waals surface area contributed by atoms with Crippen molar-refractivity contribution in [3.8, 4) is 5.75 Å². The highest BCUT2D eigenvalue weighted by molar-refractivity contribution is 5.79. The Morgan fingerprint density at radius 2 is 2.17 bits per heavy atom. The number of benzene rings is 1. The molecule has 0 bridgehead atoms. The number of ether oxygens (including phenoxy) is 2. The smallest absolute Gasteiger partial charge is 0.305 e. The van der Waals surface area contributed by atoms with Crippen LogP contribution in [0.5, 0.6) is 5.75 Å². The van der Waals surface area contributed by atoms with Gasteiger partial charge in [0.05, 0.1) is 25.7 Å². The fourth-order valence-corrected chi connectivity index (χ4v) is 2.82. The summed E-state index contributed by atoms with van der Waals surface area (Å²) in [6.07, 6.45) is 0.869. The van der Waals surface area contributed by atoms with E-state index in [1.807, 2.05) is 24.3 Å². The highest BCUT2D eigenvalue weighted by Crippen LogP contribution is 2.28. The SMILES string of the molecule is CCC(C)c1ccccc1OCC(=O)N1CCOCC1CC(=O)O. The van der Waals surface area contributed by atoms with Crippen LogP contribution in [0.25, 0.3) is 0 Å². The highest BCUT2D eigenvalue weighted by Gasteiger charge is 2.29. The first-order valence-corrected chi connectivity index (χ1v) is 8.33. The van der Waals surface area contributed by atoms with Gasteiger partial charge in [-0.3, -0.25) is 9.59 Å². The van der Waals surface area contributed by atoms with Crippen molar-refractivity contribution in [2.45, 2.75) is 38.6 Å². The molecule has 0 aliphatic carbocycles. The van der Waals surface area contributed by atoms with E-state index in [2.05, 4.69) is 13.8 Å². The van der Waals surface area contributed by atoms with Gasteiger partial charge in [0.2, 0.25) is 0 Å². The third kappa shape index (κ3) is 4.71. The van der Waals surface area contributed by atoms with Gasteiger partial charge in [-0.15, -0.1) is 0 Å². The predicted molar refractivity (Wildman–Crippen MR) is 89.2 cm³/mol. The van der Waals surface area contributed by atoms with Crippen molar-refractivity contribution >= 4 is 11.9 Å². The molecular formula is C18H25NO5. The molecule has 0 spiro atoms. The number of hydrogen-bond donors (Lipinski definition) is 1. The van der Waals surface area contributed by atoms with Crippen LogP contribution in [0.15, 0.2) is 24.3 Å². The number of aliphatic carboxylic acids is 1. The van der Waals surface area contributed by atoms with E-state index in [9.17, 15) is 9.59 Å². The maximum absolute atomic E-state index is 12.5. The maximum atomic E-state index is 12.5. The Labute approximate surface area is 142 Å². The van der Waals surface area contributed by atoms with Gasteiger partial charge in [0.15, 0.2) is 6.61 Å². The molecule has 0 radical (unpaired) electrons. The van der Waals surface area contributed by atoms with E-state index in [0.717, 1.165) is 12.0 Å². The van der Waals surface area contributed by atoms with Crippen LogP contribution in [0.4, 0.5) is 0 Å². The van der Waals surface area contributed by atoms with Crippen LogP contribution in [-0.2, 0) is 14.3 Å². The minimum atomic E-state index is -0.939. The number of nitrogens with zero attached hydrogens (tertiary/aromatic N) is 1. The number of hydrogen-bond acceptors (Lipinski definition) is 4. The first kappa shape index (κ1) is 18.3. The number of carboxylic acids is 1. The molecule has 0 saturated carbocycles. The van der Waals surface area contributed by atoms with Crippen molar-refractivity contribution in [3.05, 3.63) is 29.8 Å². The molecule has 6 nitrogen and oxygen atoms in total. The number of rotatable bonds is 7. The Morgan fingerprint density at radius 1 is 1.42 bits per heavy atom. The fourth-order valence-electron chi connectivity index (χ4n) is 2.82. The summed E-state index contributed by atoms with van der Waals surface area (Å²) < 4.78 is 11.0. The molecule has 1 heterocycles. The second-order valence-electron chi connectivity index (χ2n) is 6.05. The molecule has 1 fully saturated rings. The second-order valence-corrected chi connectivity index (χ2v) is 6.05. The molecule has 1 aromatic carbocycles. The summed E-state index contributed by atoms with van der Waals surface area (Å²) in [5.41, 5.74) is 1.08. The van der Waals surface area contributed by atoms with Gasteiger partial charge in [-0.2, -0.15) is 0 Å². The normalized spacial score (nSPS) is 18.9. The van der Waals surface area contributed by atoms with E-state index in [4.69, 9.17) is 14.6 Å². The Morgan fingerprint density at radius 3 is 2.88 bits per heavy atom. The van der Waals surface area contributed by atoms with Crippen LogP contribution in [0.2, 0.25) is 0 Å². The molecule has 1 aliphatic rings. The van der Waals surface area contributed by atoms with E-state index in [0.29, 0.717) is 24.8 Å². The Bertz CT molecular complexity index is 574. The largest absolute Gasteiger partial charge is 0.483 e. The van der Waals surface area contributed by atoms with Crippen LogP contribution in [-0.4, -0.2) is 54.3 Å². The molecule has 2 unspecified atom stereocenters. The molecular weight excluding hydrogens is 310 g/mol. The first-order valence-electron chi connectivity index (χ1n) is 8.33. The van der Waals surface area contributed by atoms with Crippen molar-refractivity contribution in [2.75, 3.05) is 26.4 Å². The van der Waals surface area contributed by atoms with Gasteiger partial charge in [-0.25, -0.2) is 0 Å². The Hall–Kier alpha value is -2.08. The fraction of sp³-hybridized carbons (Fsp3) is 0.556. The quantitative estimate of drug-likeness (QED) is 0.827. The minimum absolute atomic E-state index is 0.0937. The average Bonchev–Trinajstić information content (AvgIpc) is 2.59. The summed E-state index contributed by atoms with van der Waals surface area (Å²) >= 11 is 0. The summed E-state index contributed by atoms with van der Waals surface area (Å²) in [6.45, 7) is 5.20. The van der Waals surface area contributed by atoms with E-state index in [-0.39, 0.29) is 25.5 Å². The Kier molecular flexibility index (Phi) is 6.61. The van der Waals surface area contributed by atoms with Crippen molar-refractivity contribution in [1.82, 2.24) is 4.90 Å². The number of carbonyl (C=O) groups is 2. The van der Waals surface area contributed by atoms with Crippen LogP contribution in [0, 0.1) is 0 Å². The maximum Gasteiger partial charge on any atom is 0.305 e. The van der Waals surface area contributed by atoms with Gasteiger partial charge in [-0.05, 0) is 24.0 Å². The molecule has 2 atom stereocenters. The monoisotopic (exact) mass is 335 g/mol. The average molecular weight is 335 g/mol. The van der Waals surface area contributed by atoms with Gasteiger partial charge in [-0.1, -0.05) is 32.0 Å². The van der Waals surface area contributed by atoms with Gasteiger partial charge >= 0.3 is 5.97 Å². The van der Waals surface area contributed by atoms with Gasteiger partial charge in [0.1, 0.15) is 5.75 Å². The summed E-state index contributed by atoms with van der Waals surface area (Å²) in [4.78, 5) is 25.0. The van der Waals surface area contributed by atoms with Gasteiger partial charge < -0.3 is 19.5 Å². The summed E-state index contributed by atoms with van der Waals surface area (Å²) in [7, 11) is 0. The third-order valence-corrected chi connectivity index (χ3v) is 4.37. The van der Waals surface area contributed by atoms with E-state index >= 15 is 0 Å². The lowest BCUT2D eigenvalue weighted by Crippen LogP contribution is -2.51. The number of amides is 1. The molecule has 2 rings (SSSR count).